The van der Waals surface area contributed by atoms with Gasteiger partial charge in [-0.05, 0) is 33.2 Å². The zero-order valence-electron chi connectivity index (χ0n) is 9.60. The van der Waals surface area contributed by atoms with Crippen LogP contribution in [-0.4, -0.2) is 26.3 Å². The minimum atomic E-state index is -0.203. The van der Waals surface area contributed by atoms with Crippen LogP contribution in [0.1, 0.15) is 33.6 Å². The lowest BCUT2D eigenvalue weighted by molar-refractivity contribution is 0.127. The Kier molecular flexibility index (Phi) is 7.45. The first-order chi connectivity index (χ1) is 6.62. The topological polar surface area (TPSA) is 45.0 Å². The maximum absolute atomic E-state index is 8.77. The van der Waals surface area contributed by atoms with Crippen molar-refractivity contribution in [3.63, 3.8) is 0 Å². The first kappa shape index (κ1) is 13.4. The average molecular weight is 198 g/mol. The van der Waals surface area contributed by atoms with Crippen molar-refractivity contribution < 1.29 is 4.74 Å². The summed E-state index contributed by atoms with van der Waals surface area (Å²) >= 11 is 0. The van der Waals surface area contributed by atoms with Gasteiger partial charge in [-0.25, -0.2) is 0 Å². The van der Waals surface area contributed by atoms with Crippen LogP contribution in [0.3, 0.4) is 0 Å². The van der Waals surface area contributed by atoms with Gasteiger partial charge in [-0.2, -0.15) is 5.26 Å². The minimum Gasteiger partial charge on any atom is -0.380 e. The fourth-order valence-electron chi connectivity index (χ4n) is 1.10. The zero-order chi connectivity index (χ0) is 10.9. The molecule has 0 aliphatic rings. The monoisotopic (exact) mass is 198 g/mol. The second kappa shape index (κ2) is 7.78. The molecule has 0 aromatic rings. The van der Waals surface area contributed by atoms with Crippen molar-refractivity contribution in [3.05, 3.63) is 0 Å². The molecule has 3 nitrogen and oxygen atoms in total. The summed E-state index contributed by atoms with van der Waals surface area (Å²) < 4.78 is 5.40. The highest BCUT2D eigenvalue weighted by Crippen LogP contribution is 2.20. The Morgan fingerprint density at radius 2 is 2.07 bits per heavy atom. The zero-order valence-corrected chi connectivity index (χ0v) is 9.60. The summed E-state index contributed by atoms with van der Waals surface area (Å²) in [7, 11) is 0. The third-order valence-electron chi connectivity index (χ3n) is 2.07. The summed E-state index contributed by atoms with van der Waals surface area (Å²) in [6, 6.07) is 2.28. The molecule has 0 radical (unpaired) electrons. The predicted molar refractivity (Wildman–Crippen MR) is 58.0 cm³/mol. The Hall–Kier alpha value is -0.590. The quantitative estimate of drug-likeness (QED) is 0.606. The van der Waals surface area contributed by atoms with E-state index >= 15 is 0 Å². The van der Waals surface area contributed by atoms with Crippen LogP contribution in [0.25, 0.3) is 0 Å². The number of likely N-dealkylation sites (N-methyl/N-ethyl adjacent to an activating group) is 1. The van der Waals surface area contributed by atoms with Crippen molar-refractivity contribution >= 4 is 0 Å². The Morgan fingerprint density at radius 3 is 2.64 bits per heavy atom. The van der Waals surface area contributed by atoms with Crippen molar-refractivity contribution in [1.29, 1.82) is 5.26 Å². The van der Waals surface area contributed by atoms with Crippen molar-refractivity contribution in [2.75, 3.05) is 26.3 Å². The number of nitriles is 1. The molecule has 14 heavy (non-hydrogen) atoms. The van der Waals surface area contributed by atoms with Gasteiger partial charge < -0.3 is 10.1 Å². The molecule has 0 saturated heterocycles. The van der Waals surface area contributed by atoms with E-state index in [4.69, 9.17) is 10.00 Å². The van der Waals surface area contributed by atoms with Gasteiger partial charge in [0.2, 0.25) is 0 Å². The van der Waals surface area contributed by atoms with E-state index in [2.05, 4.69) is 18.3 Å². The molecule has 3 heteroatoms. The molecule has 0 atom stereocenters. The van der Waals surface area contributed by atoms with Crippen molar-refractivity contribution in [3.8, 4) is 6.07 Å². The standard InChI is InChI=1S/C11H22N2O/c1-4-13-7-9-14-8-5-6-11(2,3)10-12/h13H,4-9H2,1-3H3. The molecular weight excluding hydrogens is 176 g/mol. The third kappa shape index (κ3) is 8.03. The molecule has 0 rings (SSSR count). The second-order valence-corrected chi connectivity index (χ2v) is 4.07. The van der Waals surface area contributed by atoms with E-state index in [1.165, 1.54) is 0 Å². The van der Waals surface area contributed by atoms with Gasteiger partial charge >= 0.3 is 0 Å². The fourth-order valence-corrected chi connectivity index (χ4v) is 1.10. The highest BCUT2D eigenvalue weighted by Gasteiger charge is 2.15. The number of ether oxygens (including phenoxy) is 1. The number of hydrogen-bond donors (Lipinski definition) is 1. The highest BCUT2D eigenvalue weighted by atomic mass is 16.5. The Bertz CT molecular complexity index is 173. The smallest absolute Gasteiger partial charge is 0.0683 e. The van der Waals surface area contributed by atoms with Crippen LogP contribution in [0.2, 0.25) is 0 Å². The molecule has 0 aliphatic carbocycles. The van der Waals surface area contributed by atoms with Crippen LogP contribution in [0, 0.1) is 16.7 Å². The van der Waals surface area contributed by atoms with Crippen LogP contribution in [0.5, 0.6) is 0 Å². The minimum absolute atomic E-state index is 0.203. The van der Waals surface area contributed by atoms with Gasteiger partial charge in [0, 0.05) is 13.2 Å². The molecular formula is C11H22N2O. The summed E-state index contributed by atoms with van der Waals surface area (Å²) in [5.41, 5.74) is -0.203. The van der Waals surface area contributed by atoms with Gasteiger partial charge in [0.25, 0.3) is 0 Å². The van der Waals surface area contributed by atoms with E-state index in [-0.39, 0.29) is 5.41 Å². The molecule has 0 aromatic heterocycles. The lowest BCUT2D eigenvalue weighted by Crippen LogP contribution is -2.19. The van der Waals surface area contributed by atoms with Crippen LogP contribution in [-0.2, 0) is 4.74 Å². The molecule has 1 N–H and O–H groups in total. The second-order valence-electron chi connectivity index (χ2n) is 4.07. The summed E-state index contributed by atoms with van der Waals surface area (Å²) in [5, 5.41) is 12.0. The van der Waals surface area contributed by atoms with Crippen molar-refractivity contribution in [1.82, 2.24) is 5.32 Å². The van der Waals surface area contributed by atoms with Gasteiger partial charge in [0.05, 0.1) is 18.1 Å². The third-order valence-corrected chi connectivity index (χ3v) is 2.07. The first-order valence-corrected chi connectivity index (χ1v) is 5.32. The van der Waals surface area contributed by atoms with Gasteiger partial charge in [-0.1, -0.05) is 6.92 Å². The maximum Gasteiger partial charge on any atom is 0.0683 e. The molecule has 0 fully saturated rings. The number of hydrogen-bond acceptors (Lipinski definition) is 3. The normalized spacial score (nSPS) is 11.3. The maximum atomic E-state index is 8.77. The molecule has 0 bridgehead atoms. The molecule has 0 unspecified atom stereocenters. The Balaban J connectivity index is 3.18. The van der Waals surface area contributed by atoms with Crippen LogP contribution in [0.15, 0.2) is 0 Å². The SMILES string of the molecule is CCNCCOCCCC(C)(C)C#N. The Morgan fingerprint density at radius 1 is 1.36 bits per heavy atom. The van der Waals surface area contributed by atoms with Crippen molar-refractivity contribution in [2.45, 2.75) is 33.6 Å². The van der Waals surface area contributed by atoms with Crippen LogP contribution < -0.4 is 5.32 Å². The number of nitrogens with zero attached hydrogens (tertiary/aromatic N) is 1. The summed E-state index contributed by atoms with van der Waals surface area (Å²) in [5.74, 6) is 0. The van der Waals surface area contributed by atoms with Gasteiger partial charge in [0.1, 0.15) is 0 Å². The molecule has 0 aliphatic heterocycles. The highest BCUT2D eigenvalue weighted by molar-refractivity contribution is 4.91. The molecule has 82 valence electrons. The van der Waals surface area contributed by atoms with Crippen LogP contribution >= 0.6 is 0 Å². The van der Waals surface area contributed by atoms with E-state index in [9.17, 15) is 0 Å². The van der Waals surface area contributed by atoms with E-state index < -0.39 is 0 Å². The lowest BCUT2D eigenvalue weighted by atomic mass is 9.90. The largest absolute Gasteiger partial charge is 0.380 e. The number of rotatable bonds is 8. The molecule has 0 saturated carbocycles. The predicted octanol–water partition coefficient (Wildman–Crippen LogP) is 1.94. The van der Waals surface area contributed by atoms with Gasteiger partial charge in [0.15, 0.2) is 0 Å². The van der Waals surface area contributed by atoms with E-state index in [0.717, 1.165) is 39.1 Å². The van der Waals surface area contributed by atoms with E-state index in [1.807, 2.05) is 13.8 Å². The summed E-state index contributed by atoms with van der Waals surface area (Å²) in [6.07, 6.45) is 1.87. The average Bonchev–Trinajstić information content (AvgIpc) is 2.16. The van der Waals surface area contributed by atoms with Gasteiger partial charge in [-0.15, -0.1) is 0 Å². The lowest BCUT2D eigenvalue weighted by Gasteiger charge is -2.14. The fraction of sp³-hybridized carbons (Fsp3) is 0.909. The van der Waals surface area contributed by atoms with Crippen molar-refractivity contribution in [2.24, 2.45) is 5.41 Å². The summed E-state index contributed by atoms with van der Waals surface area (Å²) in [6.45, 7) is 9.44. The number of nitrogens with one attached hydrogen (secondary N) is 1. The van der Waals surface area contributed by atoms with E-state index in [0.29, 0.717) is 0 Å². The Labute approximate surface area is 87.4 Å². The van der Waals surface area contributed by atoms with Gasteiger partial charge in [-0.3, -0.25) is 0 Å². The molecule has 0 amide bonds. The molecule has 0 aromatic carbocycles. The molecule has 0 heterocycles. The first-order valence-electron chi connectivity index (χ1n) is 5.32. The van der Waals surface area contributed by atoms with E-state index in [1.54, 1.807) is 0 Å². The molecule has 0 spiro atoms. The summed E-state index contributed by atoms with van der Waals surface area (Å²) in [4.78, 5) is 0. The van der Waals surface area contributed by atoms with Crippen LogP contribution in [0.4, 0.5) is 0 Å².